The van der Waals surface area contributed by atoms with E-state index in [0.29, 0.717) is 13.0 Å². The van der Waals surface area contributed by atoms with Crippen molar-refractivity contribution >= 4 is 11.6 Å². The molecule has 3 heteroatoms. The van der Waals surface area contributed by atoms with E-state index in [1.165, 1.54) is 0 Å². The Hall–Kier alpha value is -1.35. The Labute approximate surface area is 97.8 Å². The molecule has 1 amide bonds. The predicted octanol–water partition coefficient (Wildman–Crippen LogP) is 3.00. The number of hydrogen-bond donors (Lipinski definition) is 1. The smallest absolute Gasteiger partial charge is 0.226 e. The minimum absolute atomic E-state index is 0.0162. The monoisotopic (exact) mass is 223 g/mol. The molecule has 1 N–H and O–H groups in total. The van der Waals surface area contributed by atoms with Crippen molar-refractivity contribution in [1.29, 1.82) is 0 Å². The number of carbonyl (C=O) groups is 1. The Morgan fingerprint density at radius 1 is 1.38 bits per heavy atom. The third-order valence-electron chi connectivity index (χ3n) is 1.84. The van der Waals surface area contributed by atoms with Gasteiger partial charge >= 0.3 is 0 Å². The molecule has 0 bridgehead atoms. The average Bonchev–Trinajstić information content (AvgIpc) is 2.29. The number of benzene rings is 1. The summed E-state index contributed by atoms with van der Waals surface area (Å²) < 4.78 is 4.81. The van der Waals surface area contributed by atoms with Gasteiger partial charge in [-0.1, -0.05) is 26.0 Å². The van der Waals surface area contributed by atoms with Crippen LogP contribution in [-0.2, 0) is 9.53 Å². The number of methoxy groups -OCH3 is 1. The lowest BCUT2D eigenvalue weighted by Crippen LogP contribution is -2.13. The highest BCUT2D eigenvalue weighted by atomic mass is 16.5. The van der Waals surface area contributed by atoms with E-state index in [1.807, 2.05) is 45.0 Å². The zero-order valence-electron chi connectivity index (χ0n) is 10.5. The Morgan fingerprint density at radius 3 is 2.62 bits per heavy atom. The molecule has 1 aromatic rings. The molecule has 0 radical (unpaired) electrons. The maximum absolute atomic E-state index is 11.3. The van der Waals surface area contributed by atoms with Crippen molar-refractivity contribution in [2.24, 2.45) is 0 Å². The first kappa shape index (κ1) is 14.6. The standard InChI is InChI=1S/C11H15NO2.C2H6/c1-9-4-3-5-10(8-9)12-11(13)6-7-14-2;1-2/h3-5,8H,6-7H2,1-2H3,(H,12,13);1-2H3. The van der Waals surface area contributed by atoms with Crippen LogP contribution in [0, 0.1) is 6.92 Å². The van der Waals surface area contributed by atoms with Crippen LogP contribution in [0.2, 0.25) is 0 Å². The zero-order chi connectivity index (χ0) is 12.4. The van der Waals surface area contributed by atoms with E-state index in [4.69, 9.17) is 4.74 Å². The molecule has 16 heavy (non-hydrogen) atoms. The second-order valence-electron chi connectivity index (χ2n) is 3.16. The van der Waals surface area contributed by atoms with Crippen LogP contribution in [-0.4, -0.2) is 19.6 Å². The van der Waals surface area contributed by atoms with E-state index < -0.39 is 0 Å². The van der Waals surface area contributed by atoms with Gasteiger partial charge in [0.1, 0.15) is 0 Å². The number of amides is 1. The van der Waals surface area contributed by atoms with Gasteiger partial charge in [-0.3, -0.25) is 4.79 Å². The van der Waals surface area contributed by atoms with Gasteiger partial charge in [0.2, 0.25) is 5.91 Å². The third-order valence-corrected chi connectivity index (χ3v) is 1.84. The molecule has 0 atom stereocenters. The normalized spacial score (nSPS) is 9.00. The fraction of sp³-hybridized carbons (Fsp3) is 0.462. The molecule has 0 aliphatic carbocycles. The lowest BCUT2D eigenvalue weighted by Gasteiger charge is -2.05. The Bertz CT molecular complexity index is 311. The summed E-state index contributed by atoms with van der Waals surface area (Å²) in [6.45, 7) is 6.45. The van der Waals surface area contributed by atoms with Crippen molar-refractivity contribution in [3.05, 3.63) is 29.8 Å². The summed E-state index contributed by atoms with van der Waals surface area (Å²) in [5.41, 5.74) is 1.97. The van der Waals surface area contributed by atoms with Crippen LogP contribution in [0.25, 0.3) is 0 Å². The largest absolute Gasteiger partial charge is 0.384 e. The number of carbonyl (C=O) groups excluding carboxylic acids is 1. The van der Waals surface area contributed by atoms with Crippen LogP contribution in [0.15, 0.2) is 24.3 Å². The molecule has 1 rings (SSSR count). The first-order valence-corrected chi connectivity index (χ1v) is 5.58. The molecule has 0 aliphatic heterocycles. The van der Waals surface area contributed by atoms with Gasteiger partial charge in [0.05, 0.1) is 13.0 Å². The van der Waals surface area contributed by atoms with E-state index in [2.05, 4.69) is 5.32 Å². The fourth-order valence-corrected chi connectivity index (χ4v) is 1.14. The van der Waals surface area contributed by atoms with Gasteiger partial charge < -0.3 is 10.1 Å². The molecule has 1 aromatic carbocycles. The molecule has 0 saturated heterocycles. The van der Waals surface area contributed by atoms with Gasteiger partial charge in [0, 0.05) is 12.8 Å². The number of hydrogen-bond acceptors (Lipinski definition) is 2. The van der Waals surface area contributed by atoms with E-state index in [-0.39, 0.29) is 5.91 Å². The lowest BCUT2D eigenvalue weighted by atomic mass is 10.2. The highest BCUT2D eigenvalue weighted by Crippen LogP contribution is 2.09. The molecule has 0 saturated carbocycles. The summed E-state index contributed by atoms with van der Waals surface area (Å²) in [6, 6.07) is 7.72. The van der Waals surface area contributed by atoms with Gasteiger partial charge in [0.15, 0.2) is 0 Å². The van der Waals surface area contributed by atoms with Crippen LogP contribution in [0.3, 0.4) is 0 Å². The number of aryl methyl sites for hydroxylation is 1. The first-order chi connectivity index (χ1) is 7.72. The Kier molecular flexibility index (Phi) is 8.17. The van der Waals surface area contributed by atoms with E-state index in [0.717, 1.165) is 11.3 Å². The van der Waals surface area contributed by atoms with Gasteiger partial charge in [-0.05, 0) is 24.6 Å². The highest BCUT2D eigenvalue weighted by Gasteiger charge is 2.00. The summed E-state index contributed by atoms with van der Waals surface area (Å²) in [7, 11) is 1.58. The summed E-state index contributed by atoms with van der Waals surface area (Å²) >= 11 is 0. The van der Waals surface area contributed by atoms with Crippen LogP contribution < -0.4 is 5.32 Å². The molecule has 0 spiro atoms. The molecule has 0 fully saturated rings. The molecule has 0 aliphatic rings. The summed E-state index contributed by atoms with van der Waals surface area (Å²) in [5.74, 6) is -0.0162. The van der Waals surface area contributed by atoms with Crippen LogP contribution in [0.5, 0.6) is 0 Å². The Morgan fingerprint density at radius 2 is 2.06 bits per heavy atom. The van der Waals surface area contributed by atoms with Crippen molar-refractivity contribution in [2.45, 2.75) is 27.2 Å². The quantitative estimate of drug-likeness (QED) is 0.852. The number of rotatable bonds is 4. The number of ether oxygens (including phenoxy) is 1. The van der Waals surface area contributed by atoms with Crippen LogP contribution in [0.1, 0.15) is 25.8 Å². The average molecular weight is 223 g/mol. The topological polar surface area (TPSA) is 38.3 Å². The van der Waals surface area contributed by atoms with E-state index in [1.54, 1.807) is 7.11 Å². The van der Waals surface area contributed by atoms with E-state index >= 15 is 0 Å². The minimum Gasteiger partial charge on any atom is -0.384 e. The maximum atomic E-state index is 11.3. The van der Waals surface area contributed by atoms with Gasteiger partial charge in [0.25, 0.3) is 0 Å². The lowest BCUT2D eigenvalue weighted by molar-refractivity contribution is -0.117. The van der Waals surface area contributed by atoms with Crippen molar-refractivity contribution in [2.75, 3.05) is 19.0 Å². The first-order valence-electron chi connectivity index (χ1n) is 5.58. The maximum Gasteiger partial charge on any atom is 0.226 e. The minimum atomic E-state index is -0.0162. The van der Waals surface area contributed by atoms with Gasteiger partial charge in [-0.15, -0.1) is 0 Å². The van der Waals surface area contributed by atoms with Crippen molar-refractivity contribution < 1.29 is 9.53 Å². The second kappa shape index (κ2) is 8.92. The zero-order valence-corrected chi connectivity index (χ0v) is 10.5. The van der Waals surface area contributed by atoms with Crippen molar-refractivity contribution in [3.8, 4) is 0 Å². The van der Waals surface area contributed by atoms with Gasteiger partial charge in [-0.25, -0.2) is 0 Å². The van der Waals surface area contributed by atoms with Gasteiger partial charge in [-0.2, -0.15) is 0 Å². The number of anilines is 1. The van der Waals surface area contributed by atoms with Crippen LogP contribution >= 0.6 is 0 Å². The molecular weight excluding hydrogens is 202 g/mol. The summed E-state index contributed by atoms with van der Waals surface area (Å²) in [6.07, 6.45) is 0.393. The summed E-state index contributed by atoms with van der Waals surface area (Å²) in [5, 5.41) is 2.80. The molecule has 0 aromatic heterocycles. The van der Waals surface area contributed by atoms with E-state index in [9.17, 15) is 4.79 Å². The molecule has 0 heterocycles. The second-order valence-corrected chi connectivity index (χ2v) is 3.16. The molecule has 0 unspecified atom stereocenters. The predicted molar refractivity (Wildman–Crippen MR) is 67.6 cm³/mol. The summed E-state index contributed by atoms with van der Waals surface area (Å²) in [4.78, 5) is 11.3. The van der Waals surface area contributed by atoms with Crippen LogP contribution in [0.4, 0.5) is 5.69 Å². The SMILES string of the molecule is CC.COCCC(=O)Nc1cccc(C)c1. The fourth-order valence-electron chi connectivity index (χ4n) is 1.14. The highest BCUT2D eigenvalue weighted by molar-refractivity contribution is 5.90. The Balaban J connectivity index is 0.00000106. The number of nitrogens with one attached hydrogen (secondary N) is 1. The van der Waals surface area contributed by atoms with Crippen molar-refractivity contribution in [1.82, 2.24) is 0 Å². The molecule has 90 valence electrons. The third kappa shape index (κ3) is 6.19. The molecular formula is C13H21NO2. The van der Waals surface area contributed by atoms with Crippen molar-refractivity contribution in [3.63, 3.8) is 0 Å². The molecule has 3 nitrogen and oxygen atoms in total.